The number of ether oxygens (including phenoxy) is 3. The third-order valence-corrected chi connectivity index (χ3v) is 8.91. The molecule has 0 aromatic heterocycles. The first-order valence-corrected chi connectivity index (χ1v) is 16.3. The minimum Gasteiger partial charge on any atom is -0.493 e. The molecule has 0 saturated carbocycles. The Hall–Kier alpha value is -2.40. The largest absolute Gasteiger partial charge is 0.493 e. The molecule has 0 unspecified atom stereocenters. The molecule has 9 heteroatoms. The average molecular weight is 598 g/mol. The molecule has 3 aliphatic rings. The highest BCUT2D eigenvalue weighted by molar-refractivity contribution is 5.72. The van der Waals surface area contributed by atoms with Crippen molar-refractivity contribution in [3.63, 3.8) is 0 Å². The van der Waals surface area contributed by atoms with E-state index >= 15 is 0 Å². The molecule has 3 heterocycles. The van der Waals surface area contributed by atoms with E-state index in [2.05, 4.69) is 39.8 Å². The van der Waals surface area contributed by atoms with Crippen molar-refractivity contribution in [2.24, 2.45) is 0 Å². The van der Waals surface area contributed by atoms with Gasteiger partial charge in [-0.05, 0) is 80.3 Å². The Morgan fingerprint density at radius 1 is 0.628 bits per heavy atom. The van der Waals surface area contributed by atoms with Gasteiger partial charge in [-0.25, -0.2) is 0 Å². The Morgan fingerprint density at radius 2 is 1.12 bits per heavy atom. The van der Waals surface area contributed by atoms with E-state index in [4.69, 9.17) is 14.2 Å². The summed E-state index contributed by atoms with van der Waals surface area (Å²) in [7, 11) is 0. The molecule has 5 rings (SSSR count). The van der Waals surface area contributed by atoms with Gasteiger partial charge in [0.15, 0.2) is 11.5 Å². The summed E-state index contributed by atoms with van der Waals surface area (Å²) in [5.74, 6) is 2.38. The Balaban J connectivity index is 1.19. The number of hydrogen-bond acceptors (Lipinski definition) is 9. The van der Waals surface area contributed by atoms with Crippen LogP contribution in [0.2, 0.25) is 0 Å². The fraction of sp³-hybridized carbons (Fsp3) is 0.647. The van der Waals surface area contributed by atoms with E-state index < -0.39 is 0 Å². The molecule has 3 saturated heterocycles. The molecule has 9 nitrogen and oxygen atoms in total. The molecule has 3 fully saturated rings. The van der Waals surface area contributed by atoms with E-state index in [0.717, 1.165) is 131 Å². The van der Waals surface area contributed by atoms with Gasteiger partial charge in [-0.3, -0.25) is 0 Å². The molecule has 3 N–H and O–H groups in total. The van der Waals surface area contributed by atoms with Gasteiger partial charge in [0.2, 0.25) is 0 Å². The zero-order valence-electron chi connectivity index (χ0n) is 25.8. The van der Waals surface area contributed by atoms with E-state index in [1.165, 1.54) is 0 Å². The van der Waals surface area contributed by atoms with Crippen LogP contribution in [-0.4, -0.2) is 127 Å². The molecule has 0 bridgehead atoms. The van der Waals surface area contributed by atoms with Gasteiger partial charge in [0, 0.05) is 58.9 Å². The summed E-state index contributed by atoms with van der Waals surface area (Å²) in [6, 6.07) is 12.4. The molecule has 3 atom stereocenters. The Morgan fingerprint density at radius 3 is 1.60 bits per heavy atom. The lowest BCUT2D eigenvalue weighted by Crippen LogP contribution is -2.24. The number of rotatable bonds is 16. The van der Waals surface area contributed by atoms with Crippen molar-refractivity contribution in [3.8, 4) is 28.4 Å². The van der Waals surface area contributed by atoms with Crippen LogP contribution in [0.25, 0.3) is 11.1 Å². The minimum atomic E-state index is -0.205. The van der Waals surface area contributed by atoms with E-state index in [-0.39, 0.29) is 18.3 Å². The van der Waals surface area contributed by atoms with Crippen LogP contribution in [0.3, 0.4) is 0 Å². The molecule has 3 aliphatic heterocycles. The molecule has 2 aromatic rings. The zero-order chi connectivity index (χ0) is 30.0. The summed E-state index contributed by atoms with van der Waals surface area (Å²) in [6.45, 7) is 11.8. The van der Waals surface area contributed by atoms with Crippen LogP contribution in [0.5, 0.6) is 17.2 Å². The number of likely N-dealkylation sites (tertiary alicyclic amines) is 3. The monoisotopic (exact) mass is 597 g/mol. The standard InChI is InChI=1S/C34H51N3O6/c1-26-31(6-2-7-32(26)41-19-3-13-35-16-10-28(38)23-35)27-8-9-33(42-20-4-14-36-17-11-29(39)24-36)34(22-27)43-21-5-15-37-18-12-30(40)25-37/h2,6-9,22,28-30,38-40H,3-5,10-21,23-25H2,1H3/t28-,29+,30+/m1/s1. The second-order valence-corrected chi connectivity index (χ2v) is 12.4. The molecule has 0 aliphatic carbocycles. The Labute approximate surface area is 257 Å². The van der Waals surface area contributed by atoms with Gasteiger partial charge in [0.25, 0.3) is 0 Å². The number of nitrogens with zero attached hydrogens (tertiary/aromatic N) is 3. The average Bonchev–Trinajstić information content (AvgIpc) is 3.73. The highest BCUT2D eigenvalue weighted by Gasteiger charge is 2.21. The lowest BCUT2D eigenvalue weighted by atomic mass is 9.99. The van der Waals surface area contributed by atoms with E-state index in [0.29, 0.717) is 19.8 Å². The predicted octanol–water partition coefficient (Wildman–Crippen LogP) is 3.17. The van der Waals surface area contributed by atoms with Crippen molar-refractivity contribution in [1.82, 2.24) is 14.7 Å². The molecular weight excluding hydrogens is 546 g/mol. The van der Waals surface area contributed by atoms with Gasteiger partial charge < -0.3 is 44.2 Å². The number of aliphatic hydroxyl groups excluding tert-OH is 3. The number of β-amino-alcohol motifs (C(OH)–C–C–N with tert-alkyl or cyclic N) is 3. The fourth-order valence-corrected chi connectivity index (χ4v) is 6.45. The van der Waals surface area contributed by atoms with Crippen molar-refractivity contribution < 1.29 is 29.5 Å². The second-order valence-electron chi connectivity index (χ2n) is 12.4. The quantitative estimate of drug-likeness (QED) is 0.252. The highest BCUT2D eigenvalue weighted by Crippen LogP contribution is 2.36. The van der Waals surface area contributed by atoms with Gasteiger partial charge in [0.05, 0.1) is 38.1 Å². The number of benzene rings is 2. The van der Waals surface area contributed by atoms with Crippen LogP contribution in [0, 0.1) is 6.92 Å². The summed E-state index contributed by atoms with van der Waals surface area (Å²) < 4.78 is 18.8. The van der Waals surface area contributed by atoms with Crippen LogP contribution >= 0.6 is 0 Å². The molecule has 0 amide bonds. The van der Waals surface area contributed by atoms with Crippen molar-refractivity contribution in [1.29, 1.82) is 0 Å². The predicted molar refractivity (Wildman–Crippen MR) is 168 cm³/mol. The Kier molecular flexibility index (Phi) is 12.0. The van der Waals surface area contributed by atoms with E-state index in [1.54, 1.807) is 0 Å². The minimum absolute atomic E-state index is 0.186. The van der Waals surface area contributed by atoms with Crippen LogP contribution in [-0.2, 0) is 0 Å². The summed E-state index contributed by atoms with van der Waals surface area (Å²) in [4.78, 5) is 6.88. The molecule has 0 radical (unpaired) electrons. The number of aliphatic hydroxyl groups is 3. The summed E-state index contributed by atoms with van der Waals surface area (Å²) >= 11 is 0. The van der Waals surface area contributed by atoms with Crippen LogP contribution < -0.4 is 14.2 Å². The lowest BCUT2D eigenvalue weighted by Gasteiger charge is -2.19. The fourth-order valence-electron chi connectivity index (χ4n) is 6.45. The third kappa shape index (κ3) is 9.54. The van der Waals surface area contributed by atoms with Crippen LogP contribution in [0.4, 0.5) is 0 Å². The summed E-state index contributed by atoms with van der Waals surface area (Å²) in [5.41, 5.74) is 3.26. The van der Waals surface area contributed by atoms with Crippen molar-refractivity contribution in [2.45, 2.75) is 63.8 Å². The topological polar surface area (TPSA) is 98.1 Å². The first kappa shape index (κ1) is 32.0. The van der Waals surface area contributed by atoms with Crippen LogP contribution in [0.15, 0.2) is 36.4 Å². The molecule has 43 heavy (non-hydrogen) atoms. The summed E-state index contributed by atoms with van der Waals surface area (Å²) in [5, 5.41) is 29.4. The van der Waals surface area contributed by atoms with Gasteiger partial charge in [-0.2, -0.15) is 0 Å². The first-order valence-electron chi connectivity index (χ1n) is 16.3. The summed E-state index contributed by atoms with van der Waals surface area (Å²) in [6.07, 6.45) is 4.67. The number of hydrogen-bond donors (Lipinski definition) is 3. The molecule has 2 aromatic carbocycles. The van der Waals surface area contributed by atoms with Crippen LogP contribution in [0.1, 0.15) is 44.1 Å². The molecular formula is C34H51N3O6. The molecule has 238 valence electrons. The van der Waals surface area contributed by atoms with Crippen molar-refractivity contribution in [3.05, 3.63) is 42.0 Å². The van der Waals surface area contributed by atoms with Gasteiger partial charge >= 0.3 is 0 Å². The maximum Gasteiger partial charge on any atom is 0.161 e. The smallest absolute Gasteiger partial charge is 0.161 e. The van der Waals surface area contributed by atoms with Gasteiger partial charge in [-0.1, -0.05) is 18.2 Å². The third-order valence-electron chi connectivity index (χ3n) is 8.91. The SMILES string of the molecule is Cc1c(OCCCN2CC[C@@H](O)C2)cccc1-c1ccc(OCCCN2CC[C@H](O)C2)c(OCCCN2CC[C@H](O)C2)c1. The second kappa shape index (κ2) is 16.1. The Bertz CT molecular complexity index is 1150. The lowest BCUT2D eigenvalue weighted by molar-refractivity contribution is 0.171. The van der Waals surface area contributed by atoms with E-state index in [1.807, 2.05) is 18.2 Å². The van der Waals surface area contributed by atoms with Gasteiger partial charge in [-0.15, -0.1) is 0 Å². The first-order chi connectivity index (χ1) is 20.9. The normalized spacial score (nSPS) is 23.3. The van der Waals surface area contributed by atoms with Crippen molar-refractivity contribution >= 4 is 0 Å². The highest BCUT2D eigenvalue weighted by atomic mass is 16.5. The maximum atomic E-state index is 9.83. The van der Waals surface area contributed by atoms with E-state index in [9.17, 15) is 15.3 Å². The van der Waals surface area contributed by atoms with Gasteiger partial charge in [0.1, 0.15) is 5.75 Å². The molecule has 0 spiro atoms. The maximum absolute atomic E-state index is 9.83. The zero-order valence-corrected chi connectivity index (χ0v) is 25.8. The van der Waals surface area contributed by atoms with Crippen molar-refractivity contribution in [2.75, 3.05) is 78.7 Å².